The van der Waals surface area contributed by atoms with Gasteiger partial charge >= 0.3 is 0 Å². The Morgan fingerprint density at radius 3 is 1.55 bits per heavy atom. The van der Waals surface area contributed by atoms with Crippen LogP contribution in [-0.2, 0) is 49.3 Å². The fourth-order valence-corrected chi connectivity index (χ4v) is 5.44. The zero-order chi connectivity index (χ0) is 43.1. The Labute approximate surface area is 324 Å². The second-order valence-corrected chi connectivity index (χ2v) is 15.3. The van der Waals surface area contributed by atoms with Gasteiger partial charge in [0.05, 0.1) is 18.4 Å². The van der Waals surface area contributed by atoms with E-state index in [1.807, 2.05) is 13.8 Å². The summed E-state index contributed by atoms with van der Waals surface area (Å²) in [5, 5.41) is 25.5. The fourth-order valence-electron chi connectivity index (χ4n) is 5.06. The number of carbonyl (C=O) groups is 8. The van der Waals surface area contributed by atoms with E-state index in [0.29, 0.717) is 12.0 Å². The Morgan fingerprint density at radius 2 is 1.07 bits per heavy atom. The number of carboxylic acid groups (broad SMARTS) is 1. The van der Waals surface area contributed by atoms with Crippen LogP contribution in [0, 0.1) is 11.8 Å². The summed E-state index contributed by atoms with van der Waals surface area (Å²) in [6.07, 6.45) is -0.474. The second kappa shape index (κ2) is 22.4. The van der Waals surface area contributed by atoms with Gasteiger partial charge in [-0.2, -0.15) is 0 Å². The van der Waals surface area contributed by atoms with Crippen molar-refractivity contribution in [2.24, 2.45) is 17.6 Å². The first-order valence-corrected chi connectivity index (χ1v) is 19.2. The molecule has 1 rings (SSSR count). The van der Waals surface area contributed by atoms with E-state index in [1.165, 1.54) is 32.9 Å². The minimum absolute atomic E-state index is 0.0722. The predicted octanol–water partition coefficient (Wildman–Crippen LogP) is -5.27. The molecule has 11 N–H and O–H groups in total. The van der Waals surface area contributed by atoms with Crippen molar-refractivity contribution in [1.29, 1.82) is 0 Å². The highest BCUT2D eigenvalue weighted by Crippen LogP contribution is 2.29. The fraction of sp³-hybridized carbons (Fsp3) is 0.588. The lowest BCUT2D eigenvalue weighted by atomic mass is 10.0. The molecule has 0 fully saturated rings. The largest absolute Gasteiger partial charge is 0.780 e. The van der Waals surface area contributed by atoms with Crippen molar-refractivity contribution >= 4 is 55.1 Å². The summed E-state index contributed by atoms with van der Waals surface area (Å²) in [5.41, 5.74) is 9.41. The number of quaternary nitrogens is 1. The van der Waals surface area contributed by atoms with E-state index in [-0.39, 0.29) is 30.4 Å². The van der Waals surface area contributed by atoms with Crippen molar-refractivity contribution in [3.8, 4) is 5.75 Å². The number of rotatable bonds is 23. The highest BCUT2D eigenvalue weighted by molar-refractivity contribution is 7.43. The first-order chi connectivity index (χ1) is 25.8. The molecule has 56 heavy (non-hydrogen) atoms. The molecule has 1 aromatic carbocycles. The van der Waals surface area contributed by atoms with Crippen molar-refractivity contribution in [3.63, 3.8) is 0 Å². The van der Waals surface area contributed by atoms with Crippen LogP contribution in [0.2, 0.25) is 0 Å². The molecular formula is C34H53N8O13P-2. The summed E-state index contributed by atoms with van der Waals surface area (Å²) in [6, 6.07) is -4.12. The van der Waals surface area contributed by atoms with Crippen LogP contribution < -0.4 is 62.8 Å². The van der Waals surface area contributed by atoms with Gasteiger partial charge in [0.25, 0.3) is 5.91 Å². The number of amides is 7. The molecule has 0 spiro atoms. The first-order valence-electron chi connectivity index (χ1n) is 17.7. The van der Waals surface area contributed by atoms with Gasteiger partial charge in [-0.1, -0.05) is 39.8 Å². The Morgan fingerprint density at radius 1 is 0.643 bits per heavy atom. The van der Waals surface area contributed by atoms with Crippen LogP contribution in [0.3, 0.4) is 0 Å². The number of phosphoric acid groups is 1. The average molecular weight is 813 g/mol. The third-order valence-electron chi connectivity index (χ3n) is 7.93. The van der Waals surface area contributed by atoms with Gasteiger partial charge in [0.15, 0.2) is 6.04 Å². The summed E-state index contributed by atoms with van der Waals surface area (Å²) in [4.78, 5) is 124. The number of hydrogen-bond acceptors (Lipinski definition) is 13. The third-order valence-corrected chi connectivity index (χ3v) is 8.37. The van der Waals surface area contributed by atoms with Crippen molar-refractivity contribution < 1.29 is 68.1 Å². The number of aliphatic carboxylic acids is 1. The number of nitrogens with two attached hydrogens (primary N) is 1. The maximum absolute atomic E-state index is 13.6. The standard InChI is InChI=1S/C34H55N8O13P/c1-16(2)12-23(35)30(46)41-26(15-27(36)43)33(49)42-25(14-21-8-10-22(11-9-21)55-56(52,53)54)32(48)38-18(5)28(44)37-19(6)29(45)40-24(13-17(3)4)31(47)39-20(7)34(50)51/h8-11,16-20,23-26H,12-15,35H2,1-7H3,(H2,36,43)(H,37,44)(H,38,48)(H,39,47)(H,40,45)(H,41,46)(H,42,49)(H,50,51)(H2,52,53,54)/p-2/t18-,19-,20-,23-,24-,25-,26-/m0/s1. The Kier molecular flexibility index (Phi) is 19.6. The molecule has 0 aliphatic heterocycles. The number of primary amides is 1. The molecule has 0 radical (unpaired) electrons. The van der Waals surface area contributed by atoms with Gasteiger partial charge in [0.2, 0.25) is 35.4 Å². The monoisotopic (exact) mass is 812 g/mol. The Bertz CT molecular complexity index is 1620. The molecule has 0 heterocycles. The lowest BCUT2D eigenvalue weighted by molar-refractivity contribution is -0.406. The summed E-state index contributed by atoms with van der Waals surface area (Å²) < 4.78 is 15.3. The highest BCUT2D eigenvalue weighted by Gasteiger charge is 2.32. The lowest BCUT2D eigenvalue weighted by Gasteiger charge is -2.29. The van der Waals surface area contributed by atoms with Crippen LogP contribution in [0.25, 0.3) is 0 Å². The van der Waals surface area contributed by atoms with Crippen LogP contribution in [-0.4, -0.2) is 89.6 Å². The molecule has 0 aromatic heterocycles. The maximum Gasteiger partial charge on any atom is 0.278 e. The molecule has 7 atom stereocenters. The van der Waals surface area contributed by atoms with Gasteiger partial charge in [-0.05, 0) is 56.7 Å². The minimum atomic E-state index is -5.38. The Hall–Kier alpha value is -5.11. The van der Waals surface area contributed by atoms with Crippen LogP contribution in [0.5, 0.6) is 5.75 Å². The van der Waals surface area contributed by atoms with Crippen molar-refractivity contribution in [2.75, 3.05) is 0 Å². The molecule has 21 nitrogen and oxygen atoms in total. The SMILES string of the molecule is CC(C)C[C@H](NC(=O)[C@H](C)NC(=O)[C@H](C)NC(=O)[C@H](Cc1ccc(OP(=O)([O-])[O-])cc1)NC(=O)[C@H](CC(N)=O)NC(=O)[C@@H]([NH3+])CC(C)C)C(=O)N[C@@H](C)C(=O)[O-]. The quantitative estimate of drug-likeness (QED) is 0.0480. The Balaban J connectivity index is 3.23. The van der Waals surface area contributed by atoms with E-state index in [4.69, 9.17) is 5.73 Å². The van der Waals surface area contributed by atoms with E-state index < -0.39 is 104 Å². The number of phosphoric ester groups is 1. The van der Waals surface area contributed by atoms with Gasteiger partial charge in [-0.15, -0.1) is 0 Å². The van der Waals surface area contributed by atoms with E-state index in [2.05, 4.69) is 42.2 Å². The van der Waals surface area contributed by atoms with E-state index >= 15 is 0 Å². The van der Waals surface area contributed by atoms with E-state index in [1.54, 1.807) is 13.8 Å². The molecular weight excluding hydrogens is 759 g/mol. The number of carbonyl (C=O) groups excluding carboxylic acids is 8. The van der Waals surface area contributed by atoms with Crippen molar-refractivity contribution in [1.82, 2.24) is 31.9 Å². The summed E-state index contributed by atoms with van der Waals surface area (Å²) in [7, 11) is -5.38. The summed E-state index contributed by atoms with van der Waals surface area (Å²) in [6.45, 7) is 11.0. The normalized spacial score (nSPS) is 15.1. The smallest absolute Gasteiger partial charge is 0.278 e. The van der Waals surface area contributed by atoms with Crippen molar-refractivity contribution in [2.45, 2.75) is 116 Å². The topological polar surface area (TPSA) is 358 Å². The van der Waals surface area contributed by atoms with Gasteiger partial charge in [-0.25, -0.2) is 0 Å². The van der Waals surface area contributed by atoms with E-state index in [0.717, 1.165) is 12.1 Å². The highest BCUT2D eigenvalue weighted by atomic mass is 31.2. The first kappa shape index (κ1) is 48.9. The number of nitrogens with one attached hydrogen (secondary N) is 6. The number of hydrogen-bond donors (Lipinski definition) is 8. The van der Waals surface area contributed by atoms with Crippen LogP contribution in [0.15, 0.2) is 24.3 Å². The van der Waals surface area contributed by atoms with E-state index in [9.17, 15) is 57.8 Å². The van der Waals surface area contributed by atoms with Gasteiger partial charge in [-0.3, -0.25) is 33.6 Å². The number of carboxylic acids is 1. The molecule has 22 heteroatoms. The molecule has 7 amide bonds. The van der Waals surface area contributed by atoms with Gasteiger partial charge in [0, 0.05) is 12.8 Å². The average Bonchev–Trinajstić information content (AvgIpc) is 3.06. The van der Waals surface area contributed by atoms with Gasteiger partial charge in [0.1, 0.15) is 43.8 Å². The molecule has 1 aromatic rings. The molecule has 0 bridgehead atoms. The maximum atomic E-state index is 13.6. The van der Waals surface area contributed by atoms with Crippen LogP contribution in [0.1, 0.15) is 73.3 Å². The molecule has 314 valence electrons. The minimum Gasteiger partial charge on any atom is -0.780 e. The lowest BCUT2D eigenvalue weighted by Crippen LogP contribution is -2.69. The molecule has 0 aliphatic rings. The zero-order valence-corrected chi connectivity index (χ0v) is 33.3. The predicted molar refractivity (Wildman–Crippen MR) is 191 cm³/mol. The third kappa shape index (κ3) is 18.5. The second-order valence-electron chi connectivity index (χ2n) is 14.2. The van der Waals surface area contributed by atoms with Crippen LogP contribution >= 0.6 is 7.82 Å². The van der Waals surface area contributed by atoms with Crippen LogP contribution in [0.4, 0.5) is 0 Å². The molecule has 0 aliphatic carbocycles. The summed E-state index contributed by atoms with van der Waals surface area (Å²) in [5.74, 6) is -7.90. The van der Waals surface area contributed by atoms with Crippen molar-refractivity contribution in [3.05, 3.63) is 29.8 Å². The molecule has 0 saturated heterocycles. The zero-order valence-electron chi connectivity index (χ0n) is 32.4. The molecule has 0 unspecified atom stereocenters. The number of benzene rings is 1. The summed E-state index contributed by atoms with van der Waals surface area (Å²) >= 11 is 0. The van der Waals surface area contributed by atoms with Gasteiger partial charge < -0.3 is 72.1 Å². The molecule has 0 saturated carbocycles.